The van der Waals surface area contributed by atoms with Crippen molar-refractivity contribution in [1.29, 1.82) is 0 Å². The molecule has 2 heterocycles. The van der Waals surface area contributed by atoms with E-state index in [9.17, 15) is 9.90 Å². The summed E-state index contributed by atoms with van der Waals surface area (Å²) in [5.74, 6) is 0.265. The second kappa shape index (κ2) is 4.46. The number of rotatable bonds is 1. The van der Waals surface area contributed by atoms with Crippen LogP contribution in [0.25, 0.3) is 10.8 Å². The molecule has 4 heteroatoms. The van der Waals surface area contributed by atoms with Crippen molar-refractivity contribution in [2.75, 3.05) is 13.2 Å². The summed E-state index contributed by atoms with van der Waals surface area (Å²) < 4.78 is 5.56. The second-order valence-electron chi connectivity index (χ2n) is 5.93. The minimum absolute atomic E-state index is 0.0464. The molecular weight excluding hydrogens is 266 g/mol. The monoisotopic (exact) mass is 283 g/mol. The number of phenolic OH excluding ortho intramolecular Hbond substituents is 1. The summed E-state index contributed by atoms with van der Waals surface area (Å²) in [4.78, 5) is 14.8. The molecule has 4 nitrogen and oxygen atoms in total. The molecule has 1 N–H and O–H groups in total. The molecule has 2 bridgehead atoms. The Kier molecular flexibility index (Phi) is 2.69. The molecule has 2 atom stereocenters. The summed E-state index contributed by atoms with van der Waals surface area (Å²) in [6.45, 7) is 3.29. The van der Waals surface area contributed by atoms with E-state index in [1.165, 1.54) is 0 Å². The van der Waals surface area contributed by atoms with Crippen LogP contribution in [0.2, 0.25) is 0 Å². The molecule has 21 heavy (non-hydrogen) atoms. The highest BCUT2D eigenvalue weighted by molar-refractivity contribution is 6.10. The SMILES string of the molecule is Cc1cccc2c(O)ccc(C(=O)N3CC4CC3CO4)c12. The zero-order chi connectivity index (χ0) is 14.6. The minimum Gasteiger partial charge on any atom is -0.507 e. The number of ether oxygens (including phenoxy) is 1. The van der Waals surface area contributed by atoms with Crippen LogP contribution < -0.4 is 0 Å². The molecule has 0 spiro atoms. The van der Waals surface area contributed by atoms with Gasteiger partial charge in [0.2, 0.25) is 0 Å². The number of nitrogens with zero attached hydrogens (tertiary/aromatic N) is 1. The van der Waals surface area contributed by atoms with Crippen LogP contribution in [-0.2, 0) is 4.74 Å². The van der Waals surface area contributed by atoms with Crippen LogP contribution in [0.1, 0.15) is 22.3 Å². The molecule has 2 unspecified atom stereocenters. The second-order valence-corrected chi connectivity index (χ2v) is 5.93. The smallest absolute Gasteiger partial charge is 0.254 e. The fourth-order valence-corrected chi connectivity index (χ4v) is 3.56. The third kappa shape index (κ3) is 1.83. The van der Waals surface area contributed by atoms with Gasteiger partial charge in [0.15, 0.2) is 0 Å². The Morgan fingerprint density at radius 3 is 2.90 bits per heavy atom. The van der Waals surface area contributed by atoms with Crippen LogP contribution in [0.3, 0.4) is 0 Å². The fourth-order valence-electron chi connectivity index (χ4n) is 3.56. The van der Waals surface area contributed by atoms with Crippen LogP contribution in [0.4, 0.5) is 0 Å². The van der Waals surface area contributed by atoms with Gasteiger partial charge < -0.3 is 14.7 Å². The first kappa shape index (κ1) is 12.7. The Morgan fingerprint density at radius 1 is 1.33 bits per heavy atom. The van der Waals surface area contributed by atoms with E-state index in [4.69, 9.17) is 4.74 Å². The molecular formula is C17H17NO3. The number of likely N-dealkylation sites (tertiary alicyclic amines) is 1. The van der Waals surface area contributed by atoms with E-state index in [2.05, 4.69) is 0 Å². The fraction of sp³-hybridized carbons (Fsp3) is 0.353. The van der Waals surface area contributed by atoms with E-state index in [-0.39, 0.29) is 23.8 Å². The number of amides is 1. The normalized spacial score (nSPS) is 24.0. The zero-order valence-electron chi connectivity index (χ0n) is 11.9. The van der Waals surface area contributed by atoms with Crippen molar-refractivity contribution in [3.63, 3.8) is 0 Å². The van der Waals surface area contributed by atoms with Gasteiger partial charge in [0.05, 0.1) is 18.8 Å². The average Bonchev–Trinajstić information content (AvgIpc) is 3.10. The van der Waals surface area contributed by atoms with E-state index < -0.39 is 0 Å². The number of hydrogen-bond donors (Lipinski definition) is 1. The van der Waals surface area contributed by atoms with E-state index in [1.807, 2.05) is 30.0 Å². The lowest BCUT2D eigenvalue weighted by atomic mass is 9.98. The summed E-state index contributed by atoms with van der Waals surface area (Å²) in [5, 5.41) is 11.6. The van der Waals surface area contributed by atoms with Crippen molar-refractivity contribution in [2.24, 2.45) is 0 Å². The molecule has 2 aromatic rings. The van der Waals surface area contributed by atoms with Crippen molar-refractivity contribution in [2.45, 2.75) is 25.5 Å². The minimum atomic E-state index is 0.0464. The Hall–Kier alpha value is -2.07. The molecule has 0 saturated carbocycles. The molecule has 2 aliphatic heterocycles. The molecule has 108 valence electrons. The molecule has 4 rings (SSSR count). The summed E-state index contributed by atoms with van der Waals surface area (Å²) >= 11 is 0. The lowest BCUT2D eigenvalue weighted by molar-refractivity contribution is 0.0260. The molecule has 1 amide bonds. The van der Waals surface area contributed by atoms with Gasteiger partial charge >= 0.3 is 0 Å². The van der Waals surface area contributed by atoms with E-state index in [0.29, 0.717) is 18.7 Å². The lowest BCUT2D eigenvalue weighted by Gasteiger charge is -2.27. The number of hydrogen-bond acceptors (Lipinski definition) is 3. The number of phenols is 1. The highest BCUT2D eigenvalue weighted by atomic mass is 16.5. The molecule has 2 fully saturated rings. The van der Waals surface area contributed by atoms with Gasteiger partial charge in [-0.1, -0.05) is 18.2 Å². The van der Waals surface area contributed by atoms with Gasteiger partial charge in [-0.05, 0) is 31.0 Å². The first-order valence-electron chi connectivity index (χ1n) is 7.29. The zero-order valence-corrected chi connectivity index (χ0v) is 11.9. The summed E-state index contributed by atoms with van der Waals surface area (Å²) in [6, 6.07) is 9.28. The predicted octanol–water partition coefficient (Wildman–Crippen LogP) is 2.47. The molecule has 2 saturated heterocycles. The van der Waals surface area contributed by atoms with Crippen LogP contribution in [-0.4, -0.2) is 41.2 Å². The van der Waals surface area contributed by atoms with E-state index >= 15 is 0 Å². The van der Waals surface area contributed by atoms with Crippen molar-refractivity contribution in [3.05, 3.63) is 41.5 Å². The highest BCUT2D eigenvalue weighted by Crippen LogP contribution is 2.34. The number of carbonyl (C=O) groups is 1. The number of carbonyl (C=O) groups excluding carboxylic acids is 1. The third-order valence-electron chi connectivity index (χ3n) is 4.62. The Labute approximate surface area is 122 Å². The Balaban J connectivity index is 1.83. The van der Waals surface area contributed by atoms with E-state index in [1.54, 1.807) is 12.1 Å². The van der Waals surface area contributed by atoms with Crippen LogP contribution in [0.15, 0.2) is 30.3 Å². The predicted molar refractivity (Wildman–Crippen MR) is 79.5 cm³/mol. The quantitative estimate of drug-likeness (QED) is 0.874. The molecule has 0 aliphatic carbocycles. The lowest BCUT2D eigenvalue weighted by Crippen LogP contribution is -2.41. The van der Waals surface area contributed by atoms with Crippen molar-refractivity contribution in [1.82, 2.24) is 4.90 Å². The Bertz CT molecular complexity index is 740. The average molecular weight is 283 g/mol. The van der Waals surface area contributed by atoms with Gasteiger partial charge in [0, 0.05) is 22.9 Å². The molecule has 2 aliphatic rings. The maximum Gasteiger partial charge on any atom is 0.254 e. The van der Waals surface area contributed by atoms with Crippen molar-refractivity contribution >= 4 is 16.7 Å². The number of morpholine rings is 1. The van der Waals surface area contributed by atoms with Gasteiger partial charge in [-0.3, -0.25) is 4.79 Å². The highest BCUT2D eigenvalue weighted by Gasteiger charge is 2.41. The maximum atomic E-state index is 12.9. The topological polar surface area (TPSA) is 49.8 Å². The van der Waals surface area contributed by atoms with Crippen LogP contribution in [0.5, 0.6) is 5.75 Å². The number of aryl methyl sites for hydroxylation is 1. The largest absolute Gasteiger partial charge is 0.507 e. The maximum absolute atomic E-state index is 12.9. The van der Waals surface area contributed by atoms with Gasteiger partial charge in [-0.15, -0.1) is 0 Å². The van der Waals surface area contributed by atoms with E-state index in [0.717, 1.165) is 22.8 Å². The summed E-state index contributed by atoms with van der Waals surface area (Å²) in [6.07, 6.45) is 1.14. The Morgan fingerprint density at radius 2 is 2.19 bits per heavy atom. The van der Waals surface area contributed by atoms with Crippen LogP contribution >= 0.6 is 0 Å². The van der Waals surface area contributed by atoms with Gasteiger partial charge in [-0.25, -0.2) is 0 Å². The first-order valence-corrected chi connectivity index (χ1v) is 7.29. The molecule has 0 radical (unpaired) electrons. The van der Waals surface area contributed by atoms with Gasteiger partial charge in [0.1, 0.15) is 5.75 Å². The number of benzene rings is 2. The standard InChI is InChI=1S/C17H17NO3/c1-10-3-2-4-13-15(19)6-5-14(16(10)13)17(20)18-8-12-7-11(18)9-21-12/h2-6,11-12,19H,7-9H2,1H3. The summed E-state index contributed by atoms with van der Waals surface area (Å²) in [7, 11) is 0. The van der Waals surface area contributed by atoms with Crippen LogP contribution in [0, 0.1) is 6.92 Å². The molecule has 2 aromatic carbocycles. The van der Waals surface area contributed by atoms with Crippen molar-refractivity contribution < 1.29 is 14.6 Å². The molecule has 0 aromatic heterocycles. The summed E-state index contributed by atoms with van der Waals surface area (Å²) in [5.41, 5.74) is 1.68. The van der Waals surface area contributed by atoms with Gasteiger partial charge in [-0.2, -0.15) is 0 Å². The van der Waals surface area contributed by atoms with Crippen molar-refractivity contribution in [3.8, 4) is 5.75 Å². The first-order chi connectivity index (χ1) is 10.1. The number of fused-ring (bicyclic) bond motifs is 3. The number of aromatic hydroxyl groups is 1. The van der Waals surface area contributed by atoms with Gasteiger partial charge in [0.25, 0.3) is 5.91 Å². The third-order valence-corrected chi connectivity index (χ3v) is 4.62.